The van der Waals surface area contributed by atoms with E-state index in [1.54, 1.807) is 19.2 Å². The monoisotopic (exact) mass is 362 g/mol. The van der Waals surface area contributed by atoms with Gasteiger partial charge in [-0.1, -0.05) is 10.9 Å². The lowest BCUT2D eigenvalue weighted by molar-refractivity contribution is 0.0912. The van der Waals surface area contributed by atoms with Gasteiger partial charge in [0.2, 0.25) is 0 Å². The topological polar surface area (TPSA) is 93.0 Å². The minimum atomic E-state index is -0.112. The molecule has 1 atom stereocenters. The molecule has 9 heteroatoms. The highest BCUT2D eigenvalue weighted by Gasteiger charge is 2.23. The summed E-state index contributed by atoms with van der Waals surface area (Å²) >= 11 is 1.12. The highest BCUT2D eigenvalue weighted by atomic mass is 32.1. The van der Waals surface area contributed by atoms with Crippen molar-refractivity contribution in [3.8, 4) is 0 Å². The molecule has 2 aromatic rings. The second kappa shape index (κ2) is 8.30. The average Bonchev–Trinajstić information content (AvgIpc) is 3.06. The summed E-state index contributed by atoms with van der Waals surface area (Å²) in [4.78, 5) is 26.9. The maximum Gasteiger partial charge on any atom is 0.266 e. The van der Waals surface area contributed by atoms with Crippen LogP contribution in [0.25, 0.3) is 0 Å². The van der Waals surface area contributed by atoms with E-state index in [1.165, 1.54) is 10.7 Å². The third-order valence-electron chi connectivity index (χ3n) is 4.49. The summed E-state index contributed by atoms with van der Waals surface area (Å²) in [6, 6.07) is 3.44. The van der Waals surface area contributed by atoms with Gasteiger partial charge in [-0.25, -0.2) is 4.68 Å². The van der Waals surface area contributed by atoms with E-state index in [-0.39, 0.29) is 17.5 Å². The Hall–Kier alpha value is -2.13. The molecular weight excluding hydrogens is 340 g/mol. The predicted octanol–water partition coefficient (Wildman–Crippen LogP) is 0.688. The van der Waals surface area contributed by atoms with Crippen molar-refractivity contribution in [3.05, 3.63) is 39.3 Å². The molecule has 2 aromatic heterocycles. The molecule has 1 N–H and O–H groups in total. The molecule has 0 spiro atoms. The standard InChI is InChI=1S/C16H22N6O2S/c1-12-15(25-20-19-12)16(24)17-11-13-5-2-3-8-21(13)9-10-22-14(23)6-4-7-18-22/h4,6-7,13H,2-3,5,8-11H2,1H3,(H,17,24). The third kappa shape index (κ3) is 4.49. The van der Waals surface area contributed by atoms with Crippen molar-refractivity contribution in [3.63, 3.8) is 0 Å². The van der Waals surface area contributed by atoms with E-state index in [1.807, 2.05) is 0 Å². The fraction of sp³-hybridized carbons (Fsp3) is 0.562. The second-order valence-electron chi connectivity index (χ2n) is 6.17. The molecule has 8 nitrogen and oxygen atoms in total. The Balaban J connectivity index is 1.55. The molecule has 3 heterocycles. The number of nitrogens with one attached hydrogen (secondary N) is 1. The third-order valence-corrected chi connectivity index (χ3v) is 5.32. The van der Waals surface area contributed by atoms with Crippen molar-refractivity contribution in [2.45, 2.75) is 38.8 Å². The zero-order chi connectivity index (χ0) is 17.6. The highest BCUT2D eigenvalue weighted by molar-refractivity contribution is 7.07. The van der Waals surface area contributed by atoms with Crippen LogP contribution in [-0.4, -0.2) is 55.9 Å². The van der Waals surface area contributed by atoms with Gasteiger partial charge in [-0.3, -0.25) is 14.5 Å². The van der Waals surface area contributed by atoms with Crippen LogP contribution in [0.3, 0.4) is 0 Å². The van der Waals surface area contributed by atoms with E-state index in [9.17, 15) is 9.59 Å². The number of carbonyl (C=O) groups is 1. The molecule has 3 rings (SSSR count). The summed E-state index contributed by atoms with van der Waals surface area (Å²) in [5.74, 6) is -0.112. The first-order chi connectivity index (χ1) is 12.1. The maximum atomic E-state index is 12.2. The van der Waals surface area contributed by atoms with Gasteiger partial charge in [-0.15, -0.1) is 5.10 Å². The summed E-state index contributed by atoms with van der Waals surface area (Å²) in [5.41, 5.74) is 0.579. The molecule has 1 fully saturated rings. The first-order valence-corrected chi connectivity index (χ1v) is 9.26. The van der Waals surface area contributed by atoms with Crippen molar-refractivity contribution in [2.75, 3.05) is 19.6 Å². The van der Waals surface area contributed by atoms with Crippen LogP contribution in [0, 0.1) is 6.92 Å². The smallest absolute Gasteiger partial charge is 0.266 e. The van der Waals surface area contributed by atoms with E-state index in [0.717, 1.165) is 43.9 Å². The quantitative estimate of drug-likeness (QED) is 0.813. The average molecular weight is 362 g/mol. The fourth-order valence-electron chi connectivity index (χ4n) is 3.09. The molecule has 25 heavy (non-hydrogen) atoms. The molecule has 0 radical (unpaired) electrons. The van der Waals surface area contributed by atoms with E-state index >= 15 is 0 Å². The normalized spacial score (nSPS) is 18.2. The van der Waals surface area contributed by atoms with Crippen LogP contribution in [0.5, 0.6) is 0 Å². The van der Waals surface area contributed by atoms with Crippen molar-refractivity contribution in [2.24, 2.45) is 0 Å². The number of carbonyl (C=O) groups excluding carboxylic acids is 1. The van der Waals surface area contributed by atoms with E-state index < -0.39 is 0 Å². The fourth-order valence-corrected chi connectivity index (χ4v) is 3.67. The number of nitrogens with zero attached hydrogens (tertiary/aromatic N) is 5. The van der Waals surface area contributed by atoms with Gasteiger partial charge in [-0.05, 0) is 43.9 Å². The summed E-state index contributed by atoms with van der Waals surface area (Å²) < 4.78 is 5.29. The predicted molar refractivity (Wildman–Crippen MR) is 94.7 cm³/mol. The van der Waals surface area contributed by atoms with Crippen LogP contribution in [0.15, 0.2) is 23.1 Å². The van der Waals surface area contributed by atoms with Gasteiger partial charge < -0.3 is 5.32 Å². The molecule has 134 valence electrons. The SMILES string of the molecule is Cc1nnsc1C(=O)NCC1CCCCN1CCn1ncccc1=O. The van der Waals surface area contributed by atoms with Crippen molar-refractivity contribution in [1.82, 2.24) is 29.6 Å². The number of aromatic nitrogens is 4. The van der Waals surface area contributed by atoms with Gasteiger partial charge in [0, 0.05) is 31.4 Å². The minimum absolute atomic E-state index is 0.0856. The molecular formula is C16H22N6O2S. The number of rotatable bonds is 6. The van der Waals surface area contributed by atoms with Crippen molar-refractivity contribution >= 4 is 17.4 Å². The summed E-state index contributed by atoms with van der Waals surface area (Å²) in [6.45, 7) is 4.66. The zero-order valence-corrected chi connectivity index (χ0v) is 15.0. The van der Waals surface area contributed by atoms with E-state index in [2.05, 4.69) is 24.9 Å². The molecule has 1 aliphatic heterocycles. The highest BCUT2D eigenvalue weighted by Crippen LogP contribution is 2.17. The van der Waals surface area contributed by atoms with Gasteiger partial charge in [0.1, 0.15) is 4.88 Å². The lowest BCUT2D eigenvalue weighted by atomic mass is 10.0. The van der Waals surface area contributed by atoms with Gasteiger partial charge >= 0.3 is 0 Å². The molecule has 1 saturated heterocycles. The Morgan fingerprint density at radius 1 is 1.40 bits per heavy atom. The number of piperidine rings is 1. The first kappa shape index (κ1) is 17.7. The number of amides is 1. The van der Waals surface area contributed by atoms with Crippen molar-refractivity contribution in [1.29, 1.82) is 0 Å². The van der Waals surface area contributed by atoms with Gasteiger partial charge in [0.15, 0.2) is 0 Å². The number of hydrogen-bond donors (Lipinski definition) is 1. The summed E-state index contributed by atoms with van der Waals surface area (Å²) in [5, 5.41) is 11.0. The zero-order valence-electron chi connectivity index (χ0n) is 14.2. The summed E-state index contributed by atoms with van der Waals surface area (Å²) in [7, 11) is 0. The van der Waals surface area contributed by atoms with Crippen LogP contribution in [0.2, 0.25) is 0 Å². The molecule has 1 aliphatic rings. The Kier molecular flexibility index (Phi) is 5.87. The largest absolute Gasteiger partial charge is 0.350 e. The van der Waals surface area contributed by atoms with E-state index in [0.29, 0.717) is 23.7 Å². The number of hydrogen-bond acceptors (Lipinski definition) is 7. The first-order valence-electron chi connectivity index (χ1n) is 8.48. The second-order valence-corrected chi connectivity index (χ2v) is 6.92. The molecule has 0 bridgehead atoms. The molecule has 1 amide bonds. The van der Waals surface area contributed by atoms with Crippen LogP contribution in [0.1, 0.15) is 34.6 Å². The Bertz CT molecular complexity index is 774. The number of aryl methyl sites for hydroxylation is 1. The summed E-state index contributed by atoms with van der Waals surface area (Å²) in [6.07, 6.45) is 4.96. The lowest BCUT2D eigenvalue weighted by Gasteiger charge is -2.35. The molecule has 0 saturated carbocycles. The Morgan fingerprint density at radius 3 is 3.04 bits per heavy atom. The van der Waals surface area contributed by atoms with Crippen LogP contribution >= 0.6 is 11.5 Å². The Morgan fingerprint density at radius 2 is 2.28 bits per heavy atom. The molecule has 0 aliphatic carbocycles. The van der Waals surface area contributed by atoms with Gasteiger partial charge in [0.05, 0.1) is 12.2 Å². The van der Waals surface area contributed by atoms with Crippen LogP contribution in [0.4, 0.5) is 0 Å². The molecule has 1 unspecified atom stereocenters. The molecule has 0 aromatic carbocycles. The van der Waals surface area contributed by atoms with Gasteiger partial charge in [-0.2, -0.15) is 5.10 Å². The van der Waals surface area contributed by atoms with Crippen LogP contribution in [-0.2, 0) is 6.54 Å². The number of likely N-dealkylation sites (tertiary alicyclic amines) is 1. The maximum absolute atomic E-state index is 12.2. The minimum Gasteiger partial charge on any atom is -0.350 e. The lowest BCUT2D eigenvalue weighted by Crippen LogP contribution is -2.48. The van der Waals surface area contributed by atoms with E-state index in [4.69, 9.17) is 0 Å². The van der Waals surface area contributed by atoms with Gasteiger partial charge in [0.25, 0.3) is 11.5 Å². The Labute approximate surface area is 150 Å². The van der Waals surface area contributed by atoms with Crippen LogP contribution < -0.4 is 10.9 Å². The van der Waals surface area contributed by atoms with Crippen molar-refractivity contribution < 1.29 is 4.79 Å².